The molecule has 0 fully saturated rings. The summed E-state index contributed by atoms with van der Waals surface area (Å²) in [5, 5.41) is 13.3. The number of rotatable bonds is 15. The Hall–Kier alpha value is -4.84. The van der Waals surface area contributed by atoms with Crippen LogP contribution in [0, 0.1) is 5.92 Å². The summed E-state index contributed by atoms with van der Waals surface area (Å²) in [6, 6.07) is -0.0716. The number of allylic oxidation sites excluding steroid dienone is 10. The quantitative estimate of drug-likeness (QED) is 0.110. The van der Waals surface area contributed by atoms with Gasteiger partial charge >= 0.3 is 0 Å². The summed E-state index contributed by atoms with van der Waals surface area (Å²) in [6.07, 6.45) is 19.2. The molecule has 6 heteroatoms. The van der Waals surface area contributed by atoms with Crippen LogP contribution in [0.2, 0.25) is 0 Å². The van der Waals surface area contributed by atoms with Gasteiger partial charge in [0.1, 0.15) is 0 Å². The molecule has 0 saturated carbocycles. The zero-order valence-electron chi connectivity index (χ0n) is 28.6. The molecule has 2 rings (SSSR count). The molecule has 0 spiro atoms. The Bertz CT molecular complexity index is 1500. The third kappa shape index (κ3) is 12.3. The standard InChI is InChI=1S/C40H53N5O/c1-13-31(9)43-37-22-19-35(18-16-28(37)6)25-41-34(12)39(42-26(3)4)24-30(8)32(10)44-38-21-15-27(5)23-36(20-17-29(38)7)33(11)45-40(46)14-2/h16-20,22-24,35,38,41,43-44H,3,5,7,9-15,21,25H2,1-2,4,6,8H3,(H,45,46)/b20-17-,30-24+,36-23+,42-39?. The summed E-state index contributed by atoms with van der Waals surface area (Å²) >= 11 is 0. The molecule has 0 aliphatic heterocycles. The highest BCUT2D eigenvalue weighted by Crippen LogP contribution is 2.23. The number of aliphatic imine (C=N–C) groups is 1. The molecule has 1 amide bonds. The lowest BCUT2D eigenvalue weighted by Crippen LogP contribution is -2.30. The fourth-order valence-corrected chi connectivity index (χ4v) is 4.52. The highest BCUT2D eigenvalue weighted by molar-refractivity contribution is 6.08. The van der Waals surface area contributed by atoms with Crippen molar-refractivity contribution in [3.8, 4) is 0 Å². The number of nitrogens with zero attached hydrogens (tertiary/aromatic N) is 1. The predicted octanol–water partition coefficient (Wildman–Crippen LogP) is 8.44. The average molecular weight is 620 g/mol. The maximum atomic E-state index is 11.9. The van der Waals surface area contributed by atoms with Crippen molar-refractivity contribution < 1.29 is 4.79 Å². The first-order valence-corrected chi connectivity index (χ1v) is 15.8. The summed E-state index contributed by atoms with van der Waals surface area (Å²) < 4.78 is 0. The molecule has 0 heterocycles. The van der Waals surface area contributed by atoms with Gasteiger partial charge in [-0.15, -0.1) is 0 Å². The van der Waals surface area contributed by atoms with Crippen LogP contribution in [-0.2, 0) is 4.79 Å². The molecule has 0 bridgehead atoms. The average Bonchev–Trinajstić information content (AvgIpc) is 3.14. The minimum Gasteiger partial charge on any atom is -0.383 e. The molecule has 46 heavy (non-hydrogen) atoms. The summed E-state index contributed by atoms with van der Waals surface area (Å²) in [5.41, 5.74) is 10.1. The van der Waals surface area contributed by atoms with Gasteiger partial charge < -0.3 is 21.3 Å². The second kappa shape index (κ2) is 18.2. The first-order valence-electron chi connectivity index (χ1n) is 15.8. The third-order valence-electron chi connectivity index (χ3n) is 7.61. The summed E-state index contributed by atoms with van der Waals surface area (Å²) in [7, 11) is 0. The molecule has 0 aromatic heterocycles. The fourth-order valence-electron chi connectivity index (χ4n) is 4.52. The van der Waals surface area contributed by atoms with E-state index in [9.17, 15) is 4.79 Å². The van der Waals surface area contributed by atoms with Gasteiger partial charge in [0.05, 0.1) is 17.5 Å². The molecule has 4 N–H and O–H groups in total. The van der Waals surface area contributed by atoms with Gasteiger partial charge in [-0.1, -0.05) is 102 Å². The van der Waals surface area contributed by atoms with Gasteiger partial charge in [0.2, 0.25) is 5.91 Å². The van der Waals surface area contributed by atoms with Crippen LogP contribution in [0.15, 0.2) is 162 Å². The van der Waals surface area contributed by atoms with E-state index >= 15 is 0 Å². The van der Waals surface area contributed by atoms with Gasteiger partial charge in [0, 0.05) is 47.4 Å². The molecule has 0 saturated heterocycles. The van der Waals surface area contributed by atoms with Crippen LogP contribution in [0.25, 0.3) is 0 Å². The normalized spacial score (nSPS) is 20.7. The van der Waals surface area contributed by atoms with Crippen LogP contribution in [0.3, 0.4) is 0 Å². The Labute approximate surface area is 277 Å². The first-order chi connectivity index (χ1) is 21.7. The van der Waals surface area contributed by atoms with Crippen LogP contribution in [0.5, 0.6) is 0 Å². The number of hydrogen-bond donors (Lipinski definition) is 4. The summed E-state index contributed by atoms with van der Waals surface area (Å²) in [4.78, 5) is 16.6. The van der Waals surface area contributed by atoms with E-state index in [1.807, 2.05) is 45.1 Å². The van der Waals surface area contributed by atoms with E-state index in [-0.39, 0.29) is 17.9 Å². The van der Waals surface area contributed by atoms with Crippen molar-refractivity contribution in [3.05, 3.63) is 157 Å². The predicted molar refractivity (Wildman–Crippen MR) is 199 cm³/mol. The van der Waals surface area contributed by atoms with Crippen molar-refractivity contribution in [1.82, 2.24) is 21.3 Å². The zero-order valence-corrected chi connectivity index (χ0v) is 28.6. The molecule has 2 aliphatic carbocycles. The summed E-state index contributed by atoms with van der Waals surface area (Å²) in [6.45, 7) is 39.7. The highest BCUT2D eigenvalue weighted by atomic mass is 16.1. The third-order valence-corrected chi connectivity index (χ3v) is 7.61. The van der Waals surface area contributed by atoms with E-state index in [0.717, 1.165) is 64.2 Å². The number of amides is 1. The van der Waals surface area contributed by atoms with Crippen molar-refractivity contribution in [3.63, 3.8) is 0 Å². The Morgan fingerprint density at radius 1 is 0.978 bits per heavy atom. The topological polar surface area (TPSA) is 77.5 Å². The van der Waals surface area contributed by atoms with Crippen molar-refractivity contribution in [2.75, 3.05) is 6.54 Å². The molecule has 0 radical (unpaired) electrons. The lowest BCUT2D eigenvalue weighted by molar-refractivity contribution is -0.120. The van der Waals surface area contributed by atoms with Gasteiger partial charge in [0.15, 0.2) is 0 Å². The van der Waals surface area contributed by atoms with Crippen LogP contribution in [-0.4, -0.2) is 24.2 Å². The van der Waals surface area contributed by atoms with Crippen LogP contribution >= 0.6 is 0 Å². The van der Waals surface area contributed by atoms with Crippen molar-refractivity contribution in [1.29, 1.82) is 0 Å². The smallest absolute Gasteiger partial charge is 0.224 e. The van der Waals surface area contributed by atoms with Crippen molar-refractivity contribution in [2.24, 2.45) is 10.9 Å². The Balaban J connectivity index is 2.12. The van der Waals surface area contributed by atoms with Gasteiger partial charge in [-0.3, -0.25) is 9.79 Å². The summed E-state index contributed by atoms with van der Waals surface area (Å²) in [5.74, 6) is 0.0847. The Kier molecular flexibility index (Phi) is 14.8. The molecule has 6 nitrogen and oxygen atoms in total. The Morgan fingerprint density at radius 2 is 1.67 bits per heavy atom. The lowest BCUT2D eigenvalue weighted by atomic mass is 10.00. The fraction of sp³-hybridized carbons (Fsp3) is 0.300. The van der Waals surface area contributed by atoms with E-state index in [0.29, 0.717) is 35.8 Å². The molecule has 0 aromatic rings. The number of carbonyl (C=O) groups excluding carboxylic acids is 1. The zero-order chi connectivity index (χ0) is 34.4. The van der Waals surface area contributed by atoms with Crippen LogP contribution < -0.4 is 21.3 Å². The number of carbonyl (C=O) groups is 1. The van der Waals surface area contributed by atoms with E-state index in [4.69, 9.17) is 0 Å². The lowest BCUT2D eigenvalue weighted by Gasteiger charge is -2.23. The Morgan fingerprint density at radius 3 is 2.33 bits per heavy atom. The van der Waals surface area contributed by atoms with Gasteiger partial charge in [-0.05, 0) is 74.5 Å². The van der Waals surface area contributed by atoms with Gasteiger partial charge in [-0.2, -0.15) is 0 Å². The molecule has 2 atom stereocenters. The molecular weight excluding hydrogens is 566 g/mol. The molecular formula is C40H53N5O. The van der Waals surface area contributed by atoms with Crippen LogP contribution in [0.1, 0.15) is 60.3 Å². The SMILES string of the molecule is C=C1/C=C(C(=C)NC(=O)CC)\C=C/C(=C)C(NC(=C)/C(C)=C/C(=NC(=C)C)C(=C)NCC2C=CC(C)=C(NC(=C)CC)C=C2)CC1. The maximum absolute atomic E-state index is 11.9. The van der Waals surface area contributed by atoms with Crippen molar-refractivity contribution >= 4 is 11.6 Å². The molecule has 0 aromatic carbocycles. The minimum atomic E-state index is -0.0829. The first kappa shape index (κ1) is 37.3. The molecule has 2 unspecified atom stereocenters. The largest absolute Gasteiger partial charge is 0.383 e. The van der Waals surface area contributed by atoms with E-state index in [1.54, 1.807) is 0 Å². The van der Waals surface area contributed by atoms with Crippen molar-refractivity contribution in [2.45, 2.75) is 66.3 Å². The second-order valence-corrected chi connectivity index (χ2v) is 11.7. The van der Waals surface area contributed by atoms with E-state index < -0.39 is 0 Å². The monoisotopic (exact) mass is 619 g/mol. The van der Waals surface area contributed by atoms with Gasteiger partial charge in [0.25, 0.3) is 0 Å². The minimum absolute atomic E-state index is 0.0716. The molecule has 2 aliphatic rings. The number of hydrogen-bond acceptors (Lipinski definition) is 5. The van der Waals surface area contributed by atoms with E-state index in [2.05, 4.69) is 110 Å². The highest BCUT2D eigenvalue weighted by Gasteiger charge is 2.16. The maximum Gasteiger partial charge on any atom is 0.224 e. The molecule has 244 valence electrons. The number of nitrogens with one attached hydrogen (secondary N) is 4. The second-order valence-electron chi connectivity index (χ2n) is 11.7. The van der Waals surface area contributed by atoms with Gasteiger partial charge in [-0.25, -0.2) is 0 Å². The van der Waals surface area contributed by atoms with Crippen LogP contribution in [0.4, 0.5) is 0 Å². The van der Waals surface area contributed by atoms with E-state index in [1.165, 1.54) is 0 Å².